The summed E-state index contributed by atoms with van der Waals surface area (Å²) in [5.41, 5.74) is 2.08. The number of nitrogens with one attached hydrogen (secondary N) is 1. The number of aromatic nitrogens is 1. The summed E-state index contributed by atoms with van der Waals surface area (Å²) in [5, 5.41) is 3.31. The Balaban J connectivity index is 2.26. The van der Waals surface area contributed by atoms with Crippen LogP contribution < -0.4 is 5.32 Å². The van der Waals surface area contributed by atoms with Gasteiger partial charge in [0.2, 0.25) is 0 Å². The molecule has 2 nitrogen and oxygen atoms in total. The minimum absolute atomic E-state index is 0.971. The molecule has 15 heavy (non-hydrogen) atoms. The highest BCUT2D eigenvalue weighted by Crippen LogP contribution is 2.23. The molecule has 1 aromatic carbocycles. The van der Waals surface area contributed by atoms with E-state index in [4.69, 9.17) is 0 Å². The molecule has 1 heterocycles. The summed E-state index contributed by atoms with van der Waals surface area (Å²) in [5.74, 6) is 0. The van der Waals surface area contributed by atoms with Crippen molar-refractivity contribution in [1.29, 1.82) is 0 Å². The Labute approximate surface area is 110 Å². The Morgan fingerprint density at radius 1 is 1.20 bits per heavy atom. The topological polar surface area (TPSA) is 24.9 Å². The third-order valence-electron chi connectivity index (χ3n) is 1.86. The van der Waals surface area contributed by atoms with Gasteiger partial charge in [-0.3, -0.25) is 4.98 Å². The fourth-order valence-corrected chi connectivity index (χ4v) is 2.09. The van der Waals surface area contributed by atoms with Gasteiger partial charge in [0.25, 0.3) is 0 Å². The maximum absolute atomic E-state index is 4.10. The molecule has 0 aliphatic carbocycles. The summed E-state index contributed by atoms with van der Waals surface area (Å²) >= 11 is 5.69. The average molecular weight is 375 g/mol. The molecular formula is C11H8BrIN2. The van der Waals surface area contributed by atoms with Gasteiger partial charge in [-0.25, -0.2) is 0 Å². The number of para-hydroxylation sites is 1. The summed E-state index contributed by atoms with van der Waals surface area (Å²) in [6.07, 6.45) is 3.56. The monoisotopic (exact) mass is 374 g/mol. The van der Waals surface area contributed by atoms with E-state index in [2.05, 4.69) is 54.9 Å². The second-order valence-corrected chi connectivity index (χ2v) is 5.07. The highest BCUT2D eigenvalue weighted by molar-refractivity contribution is 14.1. The highest BCUT2D eigenvalue weighted by atomic mass is 127. The van der Waals surface area contributed by atoms with Crippen LogP contribution in [0.3, 0.4) is 0 Å². The maximum Gasteiger partial charge on any atom is 0.0582 e. The molecule has 0 radical (unpaired) electrons. The van der Waals surface area contributed by atoms with Crippen LogP contribution in [0.5, 0.6) is 0 Å². The number of halogens is 2. The molecule has 0 atom stereocenters. The zero-order valence-corrected chi connectivity index (χ0v) is 11.5. The summed E-state index contributed by atoms with van der Waals surface area (Å²) in [6.45, 7) is 0. The molecule has 0 fully saturated rings. The van der Waals surface area contributed by atoms with Gasteiger partial charge in [0.05, 0.1) is 17.6 Å². The normalized spacial score (nSPS) is 10.0. The van der Waals surface area contributed by atoms with Gasteiger partial charge in [-0.1, -0.05) is 12.1 Å². The zero-order chi connectivity index (χ0) is 10.7. The summed E-state index contributed by atoms with van der Waals surface area (Å²) in [4.78, 5) is 4.10. The van der Waals surface area contributed by atoms with E-state index in [9.17, 15) is 0 Å². The lowest BCUT2D eigenvalue weighted by molar-refractivity contribution is 1.30. The zero-order valence-electron chi connectivity index (χ0n) is 7.74. The van der Waals surface area contributed by atoms with Crippen LogP contribution in [0, 0.1) is 3.57 Å². The predicted molar refractivity (Wildman–Crippen MR) is 74.4 cm³/mol. The van der Waals surface area contributed by atoms with Crippen molar-refractivity contribution in [3.05, 3.63) is 50.8 Å². The molecule has 0 saturated carbocycles. The summed E-state index contributed by atoms with van der Waals surface area (Å²) in [7, 11) is 0. The first-order valence-corrected chi connectivity index (χ1v) is 6.25. The third-order valence-corrected chi connectivity index (χ3v) is 3.23. The largest absolute Gasteiger partial charge is 0.353 e. The van der Waals surface area contributed by atoms with E-state index in [1.807, 2.05) is 24.3 Å². The first-order chi connectivity index (χ1) is 7.25. The molecule has 0 aliphatic heterocycles. The Kier molecular flexibility index (Phi) is 3.58. The van der Waals surface area contributed by atoms with Crippen LogP contribution in [-0.4, -0.2) is 4.98 Å². The van der Waals surface area contributed by atoms with Gasteiger partial charge in [0.1, 0.15) is 0 Å². The highest BCUT2D eigenvalue weighted by Gasteiger charge is 1.99. The van der Waals surface area contributed by atoms with Crippen LogP contribution in [0.15, 0.2) is 47.2 Å². The number of benzene rings is 1. The first-order valence-electron chi connectivity index (χ1n) is 4.38. The van der Waals surface area contributed by atoms with Crippen LogP contribution in [0.2, 0.25) is 0 Å². The molecule has 0 amide bonds. The van der Waals surface area contributed by atoms with Crippen molar-refractivity contribution in [3.8, 4) is 0 Å². The van der Waals surface area contributed by atoms with Crippen LogP contribution in [0.4, 0.5) is 11.4 Å². The standard InChI is InChI=1S/C11H8BrIN2/c12-8-5-9(7-14-6-8)15-11-4-2-1-3-10(11)13/h1-7,15H. The van der Waals surface area contributed by atoms with E-state index < -0.39 is 0 Å². The van der Waals surface area contributed by atoms with Crippen LogP contribution in [0.1, 0.15) is 0 Å². The van der Waals surface area contributed by atoms with Gasteiger partial charge in [0.15, 0.2) is 0 Å². The van der Waals surface area contributed by atoms with Gasteiger partial charge in [0, 0.05) is 14.2 Å². The lowest BCUT2D eigenvalue weighted by atomic mass is 10.3. The molecule has 0 bridgehead atoms. The van der Waals surface area contributed by atoms with E-state index in [0.29, 0.717) is 0 Å². The van der Waals surface area contributed by atoms with E-state index in [1.54, 1.807) is 12.4 Å². The maximum atomic E-state index is 4.10. The van der Waals surface area contributed by atoms with Crippen molar-refractivity contribution >= 4 is 49.9 Å². The lowest BCUT2D eigenvalue weighted by Crippen LogP contribution is -1.93. The Morgan fingerprint density at radius 3 is 2.73 bits per heavy atom. The molecular weight excluding hydrogens is 367 g/mol. The lowest BCUT2D eigenvalue weighted by Gasteiger charge is -2.07. The van der Waals surface area contributed by atoms with Crippen molar-refractivity contribution in [1.82, 2.24) is 4.98 Å². The number of nitrogens with zero attached hydrogens (tertiary/aromatic N) is 1. The quantitative estimate of drug-likeness (QED) is 0.797. The number of hydrogen-bond donors (Lipinski definition) is 1. The molecule has 1 N–H and O–H groups in total. The second-order valence-electron chi connectivity index (χ2n) is 3.00. The van der Waals surface area contributed by atoms with E-state index in [1.165, 1.54) is 3.57 Å². The molecule has 4 heteroatoms. The Bertz CT molecular complexity index is 474. The van der Waals surface area contributed by atoms with Gasteiger partial charge in [-0.2, -0.15) is 0 Å². The van der Waals surface area contributed by atoms with Crippen molar-refractivity contribution in [2.24, 2.45) is 0 Å². The predicted octanol–water partition coefficient (Wildman–Crippen LogP) is 4.19. The van der Waals surface area contributed by atoms with Gasteiger partial charge >= 0.3 is 0 Å². The van der Waals surface area contributed by atoms with E-state index in [-0.39, 0.29) is 0 Å². The summed E-state index contributed by atoms with van der Waals surface area (Å²) < 4.78 is 2.16. The number of hydrogen-bond acceptors (Lipinski definition) is 2. The Morgan fingerprint density at radius 2 is 2.00 bits per heavy atom. The van der Waals surface area contributed by atoms with Crippen molar-refractivity contribution in [2.45, 2.75) is 0 Å². The molecule has 1 aromatic heterocycles. The molecule has 2 aromatic rings. The molecule has 2 rings (SSSR count). The SMILES string of the molecule is Brc1cncc(Nc2ccccc2I)c1. The molecule has 0 aliphatic rings. The molecule has 76 valence electrons. The van der Waals surface area contributed by atoms with Crippen LogP contribution in [0.25, 0.3) is 0 Å². The minimum Gasteiger partial charge on any atom is -0.353 e. The number of pyridine rings is 1. The average Bonchev–Trinajstić information content (AvgIpc) is 2.22. The van der Waals surface area contributed by atoms with Crippen molar-refractivity contribution < 1.29 is 0 Å². The van der Waals surface area contributed by atoms with Crippen LogP contribution >= 0.6 is 38.5 Å². The number of anilines is 2. The second kappa shape index (κ2) is 4.94. The fourth-order valence-electron chi connectivity index (χ4n) is 1.20. The van der Waals surface area contributed by atoms with Gasteiger partial charge < -0.3 is 5.32 Å². The molecule has 0 saturated heterocycles. The van der Waals surface area contributed by atoms with E-state index >= 15 is 0 Å². The van der Waals surface area contributed by atoms with Crippen LogP contribution in [-0.2, 0) is 0 Å². The van der Waals surface area contributed by atoms with E-state index in [0.717, 1.165) is 15.8 Å². The number of rotatable bonds is 2. The smallest absolute Gasteiger partial charge is 0.0582 e. The molecule has 0 spiro atoms. The van der Waals surface area contributed by atoms with Crippen molar-refractivity contribution in [2.75, 3.05) is 5.32 Å². The molecule has 0 unspecified atom stereocenters. The fraction of sp³-hybridized carbons (Fsp3) is 0. The first kappa shape index (κ1) is 10.9. The summed E-state index contributed by atoms with van der Waals surface area (Å²) in [6, 6.07) is 10.1. The minimum atomic E-state index is 0.971. The van der Waals surface area contributed by atoms with Gasteiger partial charge in [-0.15, -0.1) is 0 Å². The third kappa shape index (κ3) is 2.92. The van der Waals surface area contributed by atoms with Crippen molar-refractivity contribution in [3.63, 3.8) is 0 Å². The Hall–Kier alpha value is -0.620. The van der Waals surface area contributed by atoms with Gasteiger partial charge in [-0.05, 0) is 56.7 Å².